The van der Waals surface area contributed by atoms with Crippen LogP contribution in [0.15, 0.2) is 60.2 Å². The molecule has 0 aromatic heterocycles. The second-order valence-electron chi connectivity index (χ2n) is 7.14. The van der Waals surface area contributed by atoms with Crippen LogP contribution in [0.25, 0.3) is 6.08 Å². The normalized spacial score (nSPS) is 10.9. The summed E-state index contributed by atoms with van der Waals surface area (Å²) < 4.78 is 17.6. The molecule has 3 aromatic carbocycles. The Bertz CT molecular complexity index is 1290. The molecule has 0 radical (unpaired) electrons. The Labute approximate surface area is 227 Å². The zero-order valence-electron chi connectivity index (χ0n) is 18.9. The fourth-order valence-electron chi connectivity index (χ4n) is 3.07. The van der Waals surface area contributed by atoms with E-state index in [0.717, 1.165) is 9.13 Å². The molecule has 0 unspecified atom stereocenters. The third kappa shape index (κ3) is 7.28. The van der Waals surface area contributed by atoms with Crippen molar-refractivity contribution in [1.29, 1.82) is 5.26 Å². The van der Waals surface area contributed by atoms with Gasteiger partial charge in [-0.2, -0.15) is 5.26 Å². The molecule has 0 spiro atoms. The first-order chi connectivity index (χ1) is 16.8. The summed E-state index contributed by atoms with van der Waals surface area (Å²) in [6.07, 6.45) is 1.49. The van der Waals surface area contributed by atoms with Gasteiger partial charge >= 0.3 is 0 Å². The molecule has 1 N–H and O–H groups in total. The molecule has 0 saturated heterocycles. The minimum atomic E-state index is -0.525. The van der Waals surface area contributed by atoms with E-state index in [1.54, 1.807) is 54.6 Å². The monoisotopic (exact) mass is 622 g/mol. The van der Waals surface area contributed by atoms with Crippen molar-refractivity contribution >= 4 is 63.5 Å². The number of ether oxygens (including phenoxy) is 3. The number of anilines is 1. The summed E-state index contributed by atoms with van der Waals surface area (Å²) in [5, 5.41) is 13.3. The number of halogens is 3. The van der Waals surface area contributed by atoms with E-state index in [1.165, 1.54) is 13.2 Å². The molecule has 0 saturated carbocycles. The van der Waals surface area contributed by atoms with Crippen LogP contribution >= 0.6 is 45.8 Å². The predicted octanol–water partition coefficient (Wildman–Crippen LogP) is 7.13. The maximum atomic E-state index is 12.7. The van der Waals surface area contributed by atoms with Gasteiger partial charge in [0.05, 0.1) is 17.3 Å². The van der Waals surface area contributed by atoms with Gasteiger partial charge in [0.2, 0.25) is 0 Å². The molecule has 0 atom stereocenters. The number of amides is 1. The zero-order chi connectivity index (χ0) is 25.4. The highest BCUT2D eigenvalue weighted by atomic mass is 127. The summed E-state index contributed by atoms with van der Waals surface area (Å²) in [5.74, 6) is 1.15. The molecular weight excluding hydrogens is 602 g/mol. The van der Waals surface area contributed by atoms with E-state index < -0.39 is 5.91 Å². The highest BCUT2D eigenvalue weighted by Gasteiger charge is 2.15. The Morgan fingerprint density at radius 1 is 1.11 bits per heavy atom. The Kier molecular flexibility index (Phi) is 9.66. The molecule has 0 aliphatic heterocycles. The summed E-state index contributed by atoms with van der Waals surface area (Å²) >= 11 is 14.3. The number of benzene rings is 3. The van der Waals surface area contributed by atoms with Crippen LogP contribution in [0.3, 0.4) is 0 Å². The van der Waals surface area contributed by atoms with Gasteiger partial charge < -0.3 is 19.5 Å². The lowest BCUT2D eigenvalue weighted by atomic mass is 10.1. The Balaban J connectivity index is 1.78. The maximum absolute atomic E-state index is 12.7. The molecule has 0 aliphatic rings. The van der Waals surface area contributed by atoms with E-state index in [9.17, 15) is 10.1 Å². The molecular formula is C26H21Cl2IN2O4. The van der Waals surface area contributed by atoms with E-state index in [1.807, 2.05) is 13.0 Å². The number of nitriles is 1. The minimum Gasteiger partial charge on any atom is -0.494 e. The predicted molar refractivity (Wildman–Crippen MR) is 146 cm³/mol. The lowest BCUT2D eigenvalue weighted by Crippen LogP contribution is -2.13. The number of hydrogen-bond acceptors (Lipinski definition) is 5. The number of hydrogen-bond donors (Lipinski definition) is 1. The number of rotatable bonds is 9. The van der Waals surface area contributed by atoms with Crippen molar-refractivity contribution < 1.29 is 19.0 Å². The summed E-state index contributed by atoms with van der Waals surface area (Å²) in [5.41, 5.74) is 1.88. The van der Waals surface area contributed by atoms with Crippen LogP contribution in [0.1, 0.15) is 18.1 Å². The van der Waals surface area contributed by atoms with Crippen LogP contribution in [0.4, 0.5) is 5.69 Å². The number of nitrogens with one attached hydrogen (secondary N) is 1. The van der Waals surface area contributed by atoms with E-state index in [0.29, 0.717) is 45.2 Å². The van der Waals surface area contributed by atoms with Crippen molar-refractivity contribution in [2.75, 3.05) is 19.0 Å². The molecule has 6 nitrogen and oxygen atoms in total. The van der Waals surface area contributed by atoms with Gasteiger partial charge in [0.15, 0.2) is 11.5 Å². The van der Waals surface area contributed by atoms with Crippen LogP contribution in [-0.2, 0) is 11.4 Å². The van der Waals surface area contributed by atoms with E-state index in [4.69, 9.17) is 37.4 Å². The number of carbonyl (C=O) groups excluding carboxylic acids is 1. The molecule has 0 aliphatic carbocycles. The van der Waals surface area contributed by atoms with Crippen LogP contribution in [0.5, 0.6) is 17.2 Å². The first-order valence-electron chi connectivity index (χ1n) is 10.4. The average molecular weight is 623 g/mol. The largest absolute Gasteiger partial charge is 0.494 e. The molecule has 0 bridgehead atoms. The van der Waals surface area contributed by atoms with Gasteiger partial charge in [-0.25, -0.2) is 0 Å². The van der Waals surface area contributed by atoms with Gasteiger partial charge in [-0.15, -0.1) is 0 Å². The number of nitrogens with zero attached hydrogens (tertiary/aromatic N) is 1. The first kappa shape index (κ1) is 26.7. The van der Waals surface area contributed by atoms with E-state index in [-0.39, 0.29) is 12.2 Å². The Hall–Kier alpha value is -2.93. The van der Waals surface area contributed by atoms with Crippen LogP contribution in [0, 0.1) is 14.9 Å². The van der Waals surface area contributed by atoms with Gasteiger partial charge in [-0.05, 0) is 89.7 Å². The van der Waals surface area contributed by atoms with Crippen molar-refractivity contribution in [2.24, 2.45) is 0 Å². The number of carbonyl (C=O) groups is 1. The van der Waals surface area contributed by atoms with Crippen molar-refractivity contribution in [3.8, 4) is 23.3 Å². The van der Waals surface area contributed by atoms with Crippen molar-refractivity contribution in [3.63, 3.8) is 0 Å². The van der Waals surface area contributed by atoms with Gasteiger partial charge in [0.1, 0.15) is 24.0 Å². The SMILES string of the molecule is CCOc1ccc(NC(=O)/C(C#N)=C\c2cc(I)c(OCc3ccc(Cl)cc3Cl)c(OC)c2)cc1. The number of methoxy groups -OCH3 is 1. The van der Waals surface area contributed by atoms with Gasteiger partial charge in [-0.1, -0.05) is 29.3 Å². The van der Waals surface area contributed by atoms with Crippen LogP contribution in [-0.4, -0.2) is 19.6 Å². The summed E-state index contributed by atoms with van der Waals surface area (Å²) in [6, 6.07) is 17.6. The first-order valence-corrected chi connectivity index (χ1v) is 12.3. The third-order valence-electron chi connectivity index (χ3n) is 4.74. The highest BCUT2D eigenvalue weighted by Crippen LogP contribution is 2.36. The summed E-state index contributed by atoms with van der Waals surface area (Å²) in [6.45, 7) is 2.66. The minimum absolute atomic E-state index is 0.0571. The van der Waals surface area contributed by atoms with Gasteiger partial charge in [0, 0.05) is 21.3 Å². The molecule has 0 heterocycles. The molecule has 9 heteroatoms. The lowest BCUT2D eigenvalue weighted by molar-refractivity contribution is -0.112. The maximum Gasteiger partial charge on any atom is 0.266 e. The van der Waals surface area contributed by atoms with Crippen LogP contribution < -0.4 is 19.5 Å². The van der Waals surface area contributed by atoms with Crippen molar-refractivity contribution in [1.82, 2.24) is 0 Å². The van der Waals surface area contributed by atoms with Crippen molar-refractivity contribution in [3.05, 3.63) is 84.9 Å². The molecule has 180 valence electrons. The van der Waals surface area contributed by atoms with Gasteiger partial charge in [-0.3, -0.25) is 4.79 Å². The molecule has 3 rings (SSSR count). The second-order valence-corrected chi connectivity index (χ2v) is 9.15. The Morgan fingerprint density at radius 2 is 1.86 bits per heavy atom. The topological polar surface area (TPSA) is 80.6 Å². The third-order valence-corrected chi connectivity index (χ3v) is 6.13. The molecule has 3 aromatic rings. The fraction of sp³-hybridized carbons (Fsp3) is 0.154. The standard InChI is InChI=1S/C26H21Cl2IN2O4/c1-3-34-21-8-6-20(7-9-21)31-26(32)18(14-30)10-16-11-23(29)25(24(12-16)33-2)35-15-17-4-5-19(27)13-22(17)28/h4-13H,3,15H2,1-2H3,(H,31,32)/b18-10-. The van der Waals surface area contributed by atoms with E-state index >= 15 is 0 Å². The zero-order valence-corrected chi connectivity index (χ0v) is 22.6. The summed E-state index contributed by atoms with van der Waals surface area (Å²) in [7, 11) is 1.52. The van der Waals surface area contributed by atoms with Crippen LogP contribution in [0.2, 0.25) is 10.0 Å². The average Bonchev–Trinajstić information content (AvgIpc) is 2.83. The quantitative estimate of drug-likeness (QED) is 0.156. The van der Waals surface area contributed by atoms with Crippen molar-refractivity contribution in [2.45, 2.75) is 13.5 Å². The Morgan fingerprint density at radius 3 is 2.49 bits per heavy atom. The molecule has 0 fully saturated rings. The molecule has 35 heavy (non-hydrogen) atoms. The second kappa shape index (κ2) is 12.7. The van der Waals surface area contributed by atoms with E-state index in [2.05, 4.69) is 27.9 Å². The lowest BCUT2D eigenvalue weighted by Gasteiger charge is -2.14. The summed E-state index contributed by atoms with van der Waals surface area (Å²) in [4.78, 5) is 12.7. The van der Waals surface area contributed by atoms with Gasteiger partial charge in [0.25, 0.3) is 5.91 Å². The highest BCUT2D eigenvalue weighted by molar-refractivity contribution is 14.1. The molecule has 1 amide bonds. The smallest absolute Gasteiger partial charge is 0.266 e. The fourth-order valence-corrected chi connectivity index (χ4v) is 4.31.